The van der Waals surface area contributed by atoms with Gasteiger partial charge in [-0.15, -0.1) is 0 Å². The number of nitrogens with one attached hydrogen (secondary N) is 2. The Morgan fingerprint density at radius 1 is 1.03 bits per heavy atom. The minimum absolute atomic E-state index is 0.0970. The molecule has 8 heteroatoms. The topological polar surface area (TPSA) is 87.7 Å². The van der Waals surface area contributed by atoms with Crippen LogP contribution in [0.1, 0.15) is 43.7 Å². The molecule has 1 aliphatic rings. The number of ether oxygens (including phenoxy) is 1. The van der Waals surface area contributed by atoms with Gasteiger partial charge in [0.2, 0.25) is 11.8 Å². The van der Waals surface area contributed by atoms with E-state index in [0.717, 1.165) is 31.2 Å². The van der Waals surface area contributed by atoms with Crippen LogP contribution in [0.15, 0.2) is 54.6 Å². The molecule has 0 aromatic heterocycles. The van der Waals surface area contributed by atoms with E-state index in [-0.39, 0.29) is 31.4 Å². The maximum Gasteiger partial charge on any atom is 0.258 e. The molecule has 2 N–H and O–H groups in total. The van der Waals surface area contributed by atoms with Crippen molar-refractivity contribution in [1.82, 2.24) is 15.5 Å². The van der Waals surface area contributed by atoms with Crippen LogP contribution in [-0.2, 0) is 14.4 Å². The fourth-order valence-electron chi connectivity index (χ4n) is 3.78. The van der Waals surface area contributed by atoms with Crippen LogP contribution in [0.4, 0.5) is 4.39 Å². The third-order valence-corrected chi connectivity index (χ3v) is 5.53. The largest absolute Gasteiger partial charge is 0.484 e. The predicted molar refractivity (Wildman–Crippen MR) is 122 cm³/mol. The number of benzene rings is 2. The van der Waals surface area contributed by atoms with E-state index in [1.54, 1.807) is 4.90 Å². The molecule has 1 atom stereocenters. The van der Waals surface area contributed by atoms with Gasteiger partial charge >= 0.3 is 0 Å². The van der Waals surface area contributed by atoms with Gasteiger partial charge in [0, 0.05) is 13.1 Å². The summed E-state index contributed by atoms with van der Waals surface area (Å²) in [5, 5.41) is 5.53. The SMILES string of the molecule is O=C(COc1ccc(F)cc1)NCC(=O)N1CCCCCCNC(=O)CC1c1ccccc1. The summed E-state index contributed by atoms with van der Waals surface area (Å²) in [4.78, 5) is 39.6. The highest BCUT2D eigenvalue weighted by molar-refractivity contribution is 5.86. The first kappa shape index (κ1) is 24.2. The van der Waals surface area contributed by atoms with Crippen molar-refractivity contribution in [3.8, 4) is 5.75 Å². The second-order valence-electron chi connectivity index (χ2n) is 8.00. The molecule has 3 rings (SSSR count). The summed E-state index contributed by atoms with van der Waals surface area (Å²) in [6.07, 6.45) is 3.84. The van der Waals surface area contributed by atoms with Crippen LogP contribution in [-0.4, -0.2) is 48.9 Å². The summed E-state index contributed by atoms with van der Waals surface area (Å²) >= 11 is 0. The standard InChI is InChI=1S/C25H30FN3O4/c26-20-10-12-21(13-11-20)33-18-24(31)28-17-25(32)29-15-7-2-1-6-14-27-23(30)16-22(29)19-8-4-3-5-9-19/h3-5,8-13,22H,1-2,6-7,14-18H2,(H,27,30)(H,28,31). The molecule has 0 aliphatic carbocycles. The highest BCUT2D eigenvalue weighted by Crippen LogP contribution is 2.26. The molecule has 1 unspecified atom stereocenters. The van der Waals surface area contributed by atoms with Crippen LogP contribution in [0.2, 0.25) is 0 Å². The Morgan fingerprint density at radius 3 is 2.52 bits per heavy atom. The van der Waals surface area contributed by atoms with Crippen molar-refractivity contribution >= 4 is 17.7 Å². The smallest absolute Gasteiger partial charge is 0.258 e. The van der Waals surface area contributed by atoms with Crippen LogP contribution < -0.4 is 15.4 Å². The van der Waals surface area contributed by atoms with E-state index in [4.69, 9.17) is 4.74 Å². The number of rotatable bonds is 6. The zero-order chi connectivity index (χ0) is 23.5. The normalized spacial score (nSPS) is 17.4. The predicted octanol–water partition coefficient (Wildman–Crippen LogP) is 2.97. The van der Waals surface area contributed by atoms with Gasteiger partial charge in [-0.3, -0.25) is 14.4 Å². The van der Waals surface area contributed by atoms with Crippen molar-refractivity contribution in [1.29, 1.82) is 0 Å². The van der Waals surface area contributed by atoms with E-state index >= 15 is 0 Å². The molecule has 0 bridgehead atoms. The number of nitrogens with zero attached hydrogens (tertiary/aromatic N) is 1. The van der Waals surface area contributed by atoms with Crippen LogP contribution in [0.5, 0.6) is 5.75 Å². The van der Waals surface area contributed by atoms with Crippen molar-refractivity contribution in [2.45, 2.75) is 38.1 Å². The van der Waals surface area contributed by atoms with Gasteiger partial charge in [-0.2, -0.15) is 0 Å². The summed E-state index contributed by atoms with van der Waals surface area (Å²) in [6.45, 7) is 0.659. The molecular weight excluding hydrogens is 425 g/mol. The van der Waals surface area contributed by atoms with Gasteiger partial charge in [-0.05, 0) is 42.7 Å². The van der Waals surface area contributed by atoms with Crippen LogP contribution in [0.25, 0.3) is 0 Å². The van der Waals surface area contributed by atoms with E-state index in [1.165, 1.54) is 24.3 Å². The summed E-state index contributed by atoms with van der Waals surface area (Å²) in [5.74, 6) is -0.847. The monoisotopic (exact) mass is 455 g/mol. The van der Waals surface area contributed by atoms with Gasteiger partial charge in [-0.25, -0.2) is 4.39 Å². The van der Waals surface area contributed by atoms with Crippen molar-refractivity contribution in [2.75, 3.05) is 26.2 Å². The number of carbonyl (C=O) groups excluding carboxylic acids is 3. The number of hydrogen-bond acceptors (Lipinski definition) is 4. The Balaban J connectivity index is 1.64. The number of hydrogen-bond donors (Lipinski definition) is 2. The molecule has 0 radical (unpaired) electrons. The van der Waals surface area contributed by atoms with Crippen LogP contribution in [0, 0.1) is 5.82 Å². The number of halogens is 1. The molecule has 7 nitrogen and oxygen atoms in total. The van der Waals surface area contributed by atoms with E-state index in [2.05, 4.69) is 10.6 Å². The lowest BCUT2D eigenvalue weighted by Crippen LogP contribution is -2.44. The minimum atomic E-state index is -0.459. The third-order valence-electron chi connectivity index (χ3n) is 5.53. The van der Waals surface area contributed by atoms with Gasteiger partial charge in [0.1, 0.15) is 11.6 Å². The first-order valence-electron chi connectivity index (χ1n) is 11.3. The Labute approximate surface area is 193 Å². The lowest BCUT2D eigenvalue weighted by molar-refractivity contribution is -0.136. The van der Waals surface area contributed by atoms with Crippen molar-refractivity contribution < 1.29 is 23.5 Å². The van der Waals surface area contributed by atoms with E-state index < -0.39 is 17.8 Å². The zero-order valence-electron chi connectivity index (χ0n) is 18.6. The van der Waals surface area contributed by atoms with Crippen LogP contribution >= 0.6 is 0 Å². The second kappa shape index (κ2) is 12.6. The van der Waals surface area contributed by atoms with Gasteiger partial charge < -0.3 is 20.3 Å². The van der Waals surface area contributed by atoms with Gasteiger partial charge in [0.05, 0.1) is 19.0 Å². The number of amides is 3. The van der Waals surface area contributed by atoms with E-state index in [9.17, 15) is 18.8 Å². The highest BCUT2D eigenvalue weighted by Gasteiger charge is 2.27. The first-order chi connectivity index (χ1) is 16.0. The molecule has 0 spiro atoms. The summed E-state index contributed by atoms with van der Waals surface area (Å²) < 4.78 is 18.3. The molecule has 1 saturated heterocycles. The van der Waals surface area contributed by atoms with Crippen molar-refractivity contribution in [3.05, 3.63) is 66.0 Å². The van der Waals surface area contributed by atoms with Crippen molar-refractivity contribution in [2.24, 2.45) is 0 Å². The molecule has 33 heavy (non-hydrogen) atoms. The fourth-order valence-corrected chi connectivity index (χ4v) is 3.78. The Morgan fingerprint density at radius 2 is 1.76 bits per heavy atom. The van der Waals surface area contributed by atoms with Crippen LogP contribution in [0.3, 0.4) is 0 Å². The first-order valence-corrected chi connectivity index (χ1v) is 11.3. The maximum atomic E-state index is 13.2. The second-order valence-corrected chi connectivity index (χ2v) is 8.00. The quantitative estimate of drug-likeness (QED) is 0.701. The molecular formula is C25H30FN3O4. The molecule has 1 heterocycles. The lowest BCUT2D eigenvalue weighted by Gasteiger charge is -2.32. The Hall–Kier alpha value is -3.42. The summed E-state index contributed by atoms with van der Waals surface area (Å²) in [6, 6.07) is 14.4. The van der Waals surface area contributed by atoms with Gasteiger partial charge in [0.15, 0.2) is 6.61 Å². The zero-order valence-corrected chi connectivity index (χ0v) is 18.6. The third kappa shape index (κ3) is 7.89. The molecule has 3 amide bonds. The highest BCUT2D eigenvalue weighted by atomic mass is 19.1. The molecule has 1 fully saturated rings. The number of carbonyl (C=O) groups is 3. The van der Waals surface area contributed by atoms with E-state index in [0.29, 0.717) is 18.8 Å². The molecule has 2 aromatic rings. The Bertz CT molecular complexity index is 921. The molecule has 176 valence electrons. The van der Waals surface area contributed by atoms with E-state index in [1.807, 2.05) is 30.3 Å². The van der Waals surface area contributed by atoms with Crippen molar-refractivity contribution in [3.63, 3.8) is 0 Å². The average molecular weight is 456 g/mol. The Kier molecular flexibility index (Phi) is 9.23. The average Bonchev–Trinajstić information content (AvgIpc) is 2.87. The molecule has 2 aromatic carbocycles. The fraction of sp³-hybridized carbons (Fsp3) is 0.400. The minimum Gasteiger partial charge on any atom is -0.484 e. The summed E-state index contributed by atoms with van der Waals surface area (Å²) in [5.41, 5.74) is 0.881. The molecule has 1 aliphatic heterocycles. The van der Waals surface area contributed by atoms with Gasteiger partial charge in [0.25, 0.3) is 5.91 Å². The summed E-state index contributed by atoms with van der Waals surface area (Å²) in [7, 11) is 0. The molecule has 0 saturated carbocycles. The van der Waals surface area contributed by atoms with Gasteiger partial charge in [-0.1, -0.05) is 43.2 Å². The maximum absolute atomic E-state index is 13.2. The lowest BCUT2D eigenvalue weighted by atomic mass is 10.0.